The monoisotopic (exact) mass is 250 g/mol. The van der Waals surface area contributed by atoms with Crippen molar-refractivity contribution in [2.45, 2.75) is 39.5 Å². The molecule has 1 aromatic carbocycles. The average molecular weight is 250 g/mol. The second-order valence-electron chi connectivity index (χ2n) is 4.61. The van der Waals surface area contributed by atoms with Crippen LogP contribution >= 0.6 is 0 Å². The van der Waals surface area contributed by atoms with Gasteiger partial charge in [-0.1, -0.05) is 44.5 Å². The van der Waals surface area contributed by atoms with Gasteiger partial charge in [0.15, 0.2) is 0 Å². The lowest BCUT2D eigenvalue weighted by Gasteiger charge is -2.17. The maximum absolute atomic E-state index is 11.8. The molecule has 18 heavy (non-hydrogen) atoms. The van der Waals surface area contributed by atoms with Gasteiger partial charge >= 0.3 is 0 Å². The van der Waals surface area contributed by atoms with Crippen LogP contribution in [0, 0.1) is 5.92 Å². The molecule has 0 aliphatic heterocycles. The highest BCUT2D eigenvalue weighted by Gasteiger charge is 2.18. The van der Waals surface area contributed by atoms with Gasteiger partial charge in [0.2, 0.25) is 5.91 Å². The molecule has 0 spiro atoms. The third-order valence-corrected chi connectivity index (χ3v) is 3.20. The standard InChI is InChI=1S/C14H22N2O2/c1-3-10(2)13(15)14(18)16-8-11-5-4-6-12(7-11)9-17/h4-7,10,13,17H,3,8-9,15H2,1-2H3,(H,16,18)/t10-,13-/m0/s1. The lowest BCUT2D eigenvalue weighted by molar-refractivity contribution is -0.123. The van der Waals surface area contributed by atoms with Crippen LogP contribution in [0.3, 0.4) is 0 Å². The number of aliphatic hydroxyl groups excluding tert-OH is 1. The van der Waals surface area contributed by atoms with Gasteiger partial charge in [-0.05, 0) is 17.0 Å². The fourth-order valence-electron chi connectivity index (χ4n) is 1.66. The molecule has 4 nitrogen and oxygen atoms in total. The highest BCUT2D eigenvalue weighted by atomic mass is 16.3. The smallest absolute Gasteiger partial charge is 0.237 e. The van der Waals surface area contributed by atoms with Crippen molar-refractivity contribution in [2.75, 3.05) is 0 Å². The van der Waals surface area contributed by atoms with E-state index in [1.165, 1.54) is 0 Å². The summed E-state index contributed by atoms with van der Waals surface area (Å²) in [6.07, 6.45) is 0.884. The minimum Gasteiger partial charge on any atom is -0.392 e. The molecule has 0 saturated heterocycles. The molecule has 0 bridgehead atoms. The Bertz CT molecular complexity index is 393. The first-order chi connectivity index (χ1) is 8.58. The third kappa shape index (κ3) is 4.13. The van der Waals surface area contributed by atoms with Gasteiger partial charge in [-0.15, -0.1) is 0 Å². The number of amides is 1. The molecule has 1 amide bonds. The number of aliphatic hydroxyl groups is 1. The van der Waals surface area contributed by atoms with E-state index < -0.39 is 6.04 Å². The maximum atomic E-state index is 11.8. The van der Waals surface area contributed by atoms with Gasteiger partial charge in [0.25, 0.3) is 0 Å². The van der Waals surface area contributed by atoms with Gasteiger partial charge in [0, 0.05) is 6.54 Å². The Morgan fingerprint density at radius 2 is 2.11 bits per heavy atom. The van der Waals surface area contributed by atoms with Crippen LogP contribution in [0.4, 0.5) is 0 Å². The number of hydrogen-bond acceptors (Lipinski definition) is 3. The van der Waals surface area contributed by atoms with E-state index in [2.05, 4.69) is 5.32 Å². The van der Waals surface area contributed by atoms with Crippen molar-refractivity contribution in [2.24, 2.45) is 11.7 Å². The summed E-state index contributed by atoms with van der Waals surface area (Å²) >= 11 is 0. The Hall–Kier alpha value is -1.39. The zero-order chi connectivity index (χ0) is 13.5. The highest BCUT2D eigenvalue weighted by molar-refractivity contribution is 5.81. The Balaban J connectivity index is 2.51. The summed E-state index contributed by atoms with van der Waals surface area (Å²) in [5.41, 5.74) is 7.64. The Kier molecular flexibility index (Phi) is 5.82. The first-order valence-electron chi connectivity index (χ1n) is 6.30. The summed E-state index contributed by atoms with van der Waals surface area (Å²) in [4.78, 5) is 11.8. The normalized spacial score (nSPS) is 14.0. The van der Waals surface area contributed by atoms with E-state index in [0.29, 0.717) is 6.54 Å². The van der Waals surface area contributed by atoms with Crippen LogP contribution in [0.5, 0.6) is 0 Å². The first kappa shape index (κ1) is 14.7. The summed E-state index contributed by atoms with van der Waals surface area (Å²) < 4.78 is 0. The van der Waals surface area contributed by atoms with Crippen LogP contribution in [0.1, 0.15) is 31.4 Å². The summed E-state index contributed by atoms with van der Waals surface area (Å²) in [6, 6.07) is 7.03. The van der Waals surface area contributed by atoms with Gasteiger partial charge in [-0.2, -0.15) is 0 Å². The van der Waals surface area contributed by atoms with Gasteiger partial charge in [0.05, 0.1) is 12.6 Å². The molecule has 0 heterocycles. The molecule has 0 aliphatic rings. The molecule has 0 fully saturated rings. The molecule has 4 heteroatoms. The Morgan fingerprint density at radius 3 is 2.72 bits per heavy atom. The summed E-state index contributed by atoms with van der Waals surface area (Å²) in [6.45, 7) is 4.43. The molecule has 0 unspecified atom stereocenters. The maximum Gasteiger partial charge on any atom is 0.237 e. The second-order valence-corrected chi connectivity index (χ2v) is 4.61. The number of rotatable bonds is 6. The topological polar surface area (TPSA) is 75.4 Å². The Morgan fingerprint density at radius 1 is 1.44 bits per heavy atom. The first-order valence-corrected chi connectivity index (χ1v) is 6.30. The fraction of sp³-hybridized carbons (Fsp3) is 0.500. The van der Waals surface area contributed by atoms with Gasteiger partial charge in [-0.3, -0.25) is 4.79 Å². The Labute approximate surface area is 108 Å². The lowest BCUT2D eigenvalue weighted by Crippen LogP contribution is -2.44. The molecule has 0 radical (unpaired) electrons. The second kappa shape index (κ2) is 7.13. The molecular weight excluding hydrogens is 228 g/mol. The largest absolute Gasteiger partial charge is 0.392 e. The van der Waals surface area contributed by atoms with Crippen molar-refractivity contribution in [3.8, 4) is 0 Å². The quantitative estimate of drug-likeness (QED) is 0.709. The van der Waals surface area contributed by atoms with Crippen LogP contribution in [0.15, 0.2) is 24.3 Å². The molecule has 0 aliphatic carbocycles. The summed E-state index contributed by atoms with van der Waals surface area (Å²) in [5.74, 6) is 0.0486. The molecule has 0 aromatic heterocycles. The summed E-state index contributed by atoms with van der Waals surface area (Å²) in [7, 11) is 0. The van der Waals surface area contributed by atoms with E-state index in [1.807, 2.05) is 38.1 Å². The van der Waals surface area contributed by atoms with Crippen molar-refractivity contribution in [3.05, 3.63) is 35.4 Å². The molecule has 2 atom stereocenters. The number of benzene rings is 1. The summed E-state index contributed by atoms with van der Waals surface area (Å²) in [5, 5.41) is 11.8. The van der Waals surface area contributed by atoms with Crippen LogP contribution in [0.25, 0.3) is 0 Å². The number of nitrogens with two attached hydrogens (primary N) is 1. The van der Waals surface area contributed by atoms with E-state index in [9.17, 15) is 4.79 Å². The van der Waals surface area contributed by atoms with E-state index in [-0.39, 0.29) is 18.4 Å². The van der Waals surface area contributed by atoms with Crippen molar-refractivity contribution < 1.29 is 9.90 Å². The van der Waals surface area contributed by atoms with Crippen molar-refractivity contribution in [3.63, 3.8) is 0 Å². The van der Waals surface area contributed by atoms with Crippen molar-refractivity contribution in [1.82, 2.24) is 5.32 Å². The predicted octanol–water partition coefficient (Wildman–Crippen LogP) is 1.17. The predicted molar refractivity (Wildman–Crippen MR) is 71.6 cm³/mol. The zero-order valence-electron chi connectivity index (χ0n) is 11.0. The highest BCUT2D eigenvalue weighted by Crippen LogP contribution is 2.07. The number of nitrogens with one attached hydrogen (secondary N) is 1. The van der Waals surface area contributed by atoms with E-state index in [4.69, 9.17) is 10.8 Å². The van der Waals surface area contributed by atoms with Crippen LogP contribution < -0.4 is 11.1 Å². The van der Waals surface area contributed by atoms with Gasteiger partial charge in [0.1, 0.15) is 0 Å². The molecule has 1 aromatic rings. The minimum absolute atomic E-state index is 0.00810. The third-order valence-electron chi connectivity index (χ3n) is 3.20. The zero-order valence-corrected chi connectivity index (χ0v) is 11.0. The number of hydrogen-bond donors (Lipinski definition) is 3. The molecule has 100 valence electrons. The van der Waals surface area contributed by atoms with Crippen molar-refractivity contribution in [1.29, 1.82) is 0 Å². The number of carbonyl (C=O) groups excluding carboxylic acids is 1. The average Bonchev–Trinajstić information content (AvgIpc) is 2.43. The SMILES string of the molecule is CC[C@H](C)[C@H](N)C(=O)NCc1cccc(CO)c1. The van der Waals surface area contributed by atoms with E-state index >= 15 is 0 Å². The van der Waals surface area contributed by atoms with Crippen LogP contribution in [0.2, 0.25) is 0 Å². The molecule has 4 N–H and O–H groups in total. The molecular formula is C14H22N2O2. The minimum atomic E-state index is -0.462. The van der Waals surface area contributed by atoms with E-state index in [0.717, 1.165) is 17.5 Å². The molecule has 1 rings (SSSR count). The van der Waals surface area contributed by atoms with E-state index in [1.54, 1.807) is 0 Å². The molecule has 0 saturated carbocycles. The number of carbonyl (C=O) groups is 1. The van der Waals surface area contributed by atoms with Gasteiger partial charge < -0.3 is 16.2 Å². The van der Waals surface area contributed by atoms with Crippen LogP contribution in [-0.4, -0.2) is 17.1 Å². The van der Waals surface area contributed by atoms with Crippen molar-refractivity contribution >= 4 is 5.91 Å². The lowest BCUT2D eigenvalue weighted by atomic mass is 9.99. The van der Waals surface area contributed by atoms with Gasteiger partial charge in [-0.25, -0.2) is 0 Å². The van der Waals surface area contributed by atoms with Crippen LogP contribution in [-0.2, 0) is 17.9 Å². The fourth-order valence-corrected chi connectivity index (χ4v) is 1.66.